The lowest BCUT2D eigenvalue weighted by Gasteiger charge is -2.10. The fourth-order valence-electron chi connectivity index (χ4n) is 3.56. The van der Waals surface area contributed by atoms with E-state index in [0.29, 0.717) is 23.1 Å². The molecule has 0 atom stereocenters. The highest BCUT2D eigenvalue weighted by atomic mass is 19.1. The van der Waals surface area contributed by atoms with Crippen molar-refractivity contribution in [3.8, 4) is 5.69 Å². The van der Waals surface area contributed by atoms with E-state index in [9.17, 15) is 9.18 Å². The molecule has 5 rings (SSSR count). The Hall–Kier alpha value is -2.95. The van der Waals surface area contributed by atoms with Crippen molar-refractivity contribution in [2.45, 2.75) is 44.1 Å². The quantitative estimate of drug-likeness (QED) is 0.679. The molecule has 0 aliphatic heterocycles. The molecule has 0 radical (unpaired) electrons. The van der Waals surface area contributed by atoms with Crippen LogP contribution in [0.4, 0.5) is 4.39 Å². The van der Waals surface area contributed by atoms with E-state index in [1.165, 1.54) is 18.9 Å². The molecule has 2 aromatic carbocycles. The number of carbonyl (C=O) groups excluding carboxylic acids is 1. The first-order valence-electron chi connectivity index (χ1n) is 9.91. The number of benzene rings is 2. The molecule has 0 unspecified atom stereocenters. The second kappa shape index (κ2) is 6.89. The number of aromatic nitrogens is 2. The number of carbonyl (C=O) groups is 1. The van der Waals surface area contributed by atoms with Gasteiger partial charge in [-0.05, 0) is 61.6 Å². The SMILES string of the molecule is O=C(NCc1ccc(-n2nc(C3CC3)cc2C2CC2)c(F)c1)c1ccccc1. The molecule has 0 bridgehead atoms. The van der Waals surface area contributed by atoms with Gasteiger partial charge in [0.15, 0.2) is 0 Å². The largest absolute Gasteiger partial charge is 0.348 e. The van der Waals surface area contributed by atoms with Gasteiger partial charge < -0.3 is 5.32 Å². The molecule has 2 aliphatic rings. The van der Waals surface area contributed by atoms with Gasteiger partial charge in [-0.25, -0.2) is 9.07 Å². The lowest BCUT2D eigenvalue weighted by Crippen LogP contribution is -2.22. The molecule has 142 valence electrons. The second-order valence-corrected chi connectivity index (χ2v) is 7.79. The van der Waals surface area contributed by atoms with Crippen LogP contribution in [-0.4, -0.2) is 15.7 Å². The zero-order valence-corrected chi connectivity index (χ0v) is 15.6. The number of amides is 1. The van der Waals surface area contributed by atoms with Crippen LogP contribution in [0.15, 0.2) is 54.6 Å². The third kappa shape index (κ3) is 3.44. The minimum atomic E-state index is -0.307. The van der Waals surface area contributed by atoms with E-state index in [0.717, 1.165) is 29.8 Å². The summed E-state index contributed by atoms with van der Waals surface area (Å²) < 4.78 is 16.7. The van der Waals surface area contributed by atoms with E-state index >= 15 is 0 Å². The van der Waals surface area contributed by atoms with Gasteiger partial charge in [-0.1, -0.05) is 24.3 Å². The highest BCUT2D eigenvalue weighted by Crippen LogP contribution is 2.45. The third-order valence-corrected chi connectivity index (χ3v) is 5.48. The number of nitrogens with zero attached hydrogens (tertiary/aromatic N) is 2. The molecule has 2 fully saturated rings. The number of hydrogen-bond acceptors (Lipinski definition) is 2. The topological polar surface area (TPSA) is 46.9 Å². The highest BCUT2D eigenvalue weighted by Gasteiger charge is 2.33. The van der Waals surface area contributed by atoms with Crippen LogP contribution < -0.4 is 5.32 Å². The summed E-state index contributed by atoms with van der Waals surface area (Å²) in [5, 5.41) is 7.56. The maximum atomic E-state index is 14.9. The van der Waals surface area contributed by atoms with Crippen LogP contribution in [0.25, 0.3) is 5.69 Å². The van der Waals surface area contributed by atoms with E-state index in [1.54, 1.807) is 22.9 Å². The fourth-order valence-corrected chi connectivity index (χ4v) is 3.56. The van der Waals surface area contributed by atoms with Crippen molar-refractivity contribution in [2.75, 3.05) is 0 Å². The summed E-state index contributed by atoms with van der Waals surface area (Å²) in [7, 11) is 0. The Kier molecular flexibility index (Phi) is 4.23. The van der Waals surface area contributed by atoms with E-state index in [1.807, 2.05) is 24.3 Å². The maximum absolute atomic E-state index is 14.9. The molecular weight excluding hydrogens is 353 g/mol. The van der Waals surface area contributed by atoms with Gasteiger partial charge in [-0.3, -0.25) is 4.79 Å². The van der Waals surface area contributed by atoms with Gasteiger partial charge in [0.2, 0.25) is 0 Å². The predicted octanol–water partition coefficient (Wildman–Crippen LogP) is 4.70. The highest BCUT2D eigenvalue weighted by molar-refractivity contribution is 5.94. The van der Waals surface area contributed by atoms with Gasteiger partial charge in [-0.15, -0.1) is 0 Å². The third-order valence-electron chi connectivity index (χ3n) is 5.48. The Bertz CT molecular complexity index is 1020. The van der Waals surface area contributed by atoms with Crippen molar-refractivity contribution < 1.29 is 9.18 Å². The molecule has 1 amide bonds. The average Bonchev–Trinajstić information content (AvgIpc) is 3.65. The summed E-state index contributed by atoms with van der Waals surface area (Å²) in [5.74, 6) is 0.583. The molecule has 1 N–H and O–H groups in total. The molecule has 28 heavy (non-hydrogen) atoms. The van der Waals surface area contributed by atoms with Crippen LogP contribution in [0.2, 0.25) is 0 Å². The minimum Gasteiger partial charge on any atom is -0.348 e. The lowest BCUT2D eigenvalue weighted by molar-refractivity contribution is 0.0951. The average molecular weight is 375 g/mol. The van der Waals surface area contributed by atoms with Gasteiger partial charge >= 0.3 is 0 Å². The van der Waals surface area contributed by atoms with E-state index < -0.39 is 0 Å². The maximum Gasteiger partial charge on any atom is 0.251 e. The molecule has 2 saturated carbocycles. The van der Waals surface area contributed by atoms with Crippen molar-refractivity contribution in [1.82, 2.24) is 15.1 Å². The van der Waals surface area contributed by atoms with Crippen LogP contribution in [0.1, 0.15) is 64.8 Å². The Morgan fingerprint density at radius 1 is 1.04 bits per heavy atom. The van der Waals surface area contributed by atoms with Gasteiger partial charge in [-0.2, -0.15) is 5.10 Å². The van der Waals surface area contributed by atoms with Crippen LogP contribution in [0.3, 0.4) is 0 Å². The molecule has 4 nitrogen and oxygen atoms in total. The molecule has 1 heterocycles. The molecule has 0 saturated heterocycles. The number of rotatable bonds is 6. The van der Waals surface area contributed by atoms with Crippen molar-refractivity contribution in [3.63, 3.8) is 0 Å². The smallest absolute Gasteiger partial charge is 0.251 e. The normalized spacial score (nSPS) is 16.2. The predicted molar refractivity (Wildman–Crippen MR) is 105 cm³/mol. The van der Waals surface area contributed by atoms with Crippen molar-refractivity contribution >= 4 is 5.91 Å². The lowest BCUT2D eigenvalue weighted by atomic mass is 10.1. The summed E-state index contributed by atoms with van der Waals surface area (Å²) >= 11 is 0. The first kappa shape index (κ1) is 17.2. The molecule has 2 aliphatic carbocycles. The second-order valence-electron chi connectivity index (χ2n) is 7.79. The van der Waals surface area contributed by atoms with E-state index in [-0.39, 0.29) is 18.3 Å². The van der Waals surface area contributed by atoms with Crippen molar-refractivity contribution in [1.29, 1.82) is 0 Å². The van der Waals surface area contributed by atoms with Crippen molar-refractivity contribution in [2.24, 2.45) is 0 Å². The number of hydrogen-bond donors (Lipinski definition) is 1. The molecule has 1 aromatic heterocycles. The van der Waals surface area contributed by atoms with Gasteiger partial charge in [0.05, 0.1) is 5.69 Å². The molecule has 3 aromatic rings. The summed E-state index contributed by atoms with van der Waals surface area (Å²) in [6.45, 7) is 0.285. The van der Waals surface area contributed by atoms with Crippen molar-refractivity contribution in [3.05, 3.63) is 82.9 Å². The van der Waals surface area contributed by atoms with Crippen LogP contribution in [-0.2, 0) is 6.54 Å². The van der Waals surface area contributed by atoms with E-state index in [2.05, 4.69) is 11.4 Å². The van der Waals surface area contributed by atoms with Crippen LogP contribution in [0, 0.1) is 5.82 Å². The standard InChI is InChI=1S/C23H22FN3O/c24-19-12-15(14-25-23(28)18-4-2-1-3-5-18)6-11-21(19)27-22(17-9-10-17)13-20(26-27)16-7-8-16/h1-6,11-13,16-17H,7-10,14H2,(H,25,28). The minimum absolute atomic E-state index is 0.165. The first-order chi connectivity index (χ1) is 13.7. The molecule has 5 heteroatoms. The van der Waals surface area contributed by atoms with Gasteiger partial charge in [0.25, 0.3) is 5.91 Å². The first-order valence-corrected chi connectivity index (χ1v) is 9.91. The zero-order chi connectivity index (χ0) is 19.1. The monoisotopic (exact) mass is 375 g/mol. The Balaban J connectivity index is 1.35. The number of halogens is 1. The van der Waals surface area contributed by atoms with Crippen LogP contribution in [0.5, 0.6) is 0 Å². The fraction of sp³-hybridized carbons (Fsp3) is 0.304. The molecular formula is C23H22FN3O. The summed E-state index contributed by atoms with van der Waals surface area (Å²) in [5.41, 5.74) is 4.05. The Labute approximate surface area is 163 Å². The Morgan fingerprint density at radius 2 is 1.79 bits per heavy atom. The molecule has 0 spiro atoms. The van der Waals surface area contributed by atoms with Crippen LogP contribution >= 0.6 is 0 Å². The number of nitrogens with one attached hydrogen (secondary N) is 1. The summed E-state index contributed by atoms with van der Waals surface area (Å²) in [6, 6.07) is 16.3. The summed E-state index contributed by atoms with van der Waals surface area (Å²) in [4.78, 5) is 12.2. The zero-order valence-electron chi connectivity index (χ0n) is 15.6. The van der Waals surface area contributed by atoms with Gasteiger partial charge in [0.1, 0.15) is 11.5 Å². The van der Waals surface area contributed by atoms with Gasteiger partial charge in [0, 0.05) is 29.6 Å². The summed E-state index contributed by atoms with van der Waals surface area (Å²) in [6.07, 6.45) is 4.68. The Morgan fingerprint density at radius 3 is 2.46 bits per heavy atom. The van der Waals surface area contributed by atoms with E-state index in [4.69, 9.17) is 5.10 Å².